The van der Waals surface area contributed by atoms with Gasteiger partial charge in [0.25, 0.3) is 0 Å². The van der Waals surface area contributed by atoms with Gasteiger partial charge >= 0.3 is 68.1 Å². The summed E-state index contributed by atoms with van der Waals surface area (Å²) < 4.78 is 4.00. The molecule has 0 bridgehead atoms. The molecule has 0 fully saturated rings. The van der Waals surface area contributed by atoms with Gasteiger partial charge in [0.2, 0.25) is 0 Å². The molecule has 0 heterocycles. The molecule has 0 aliphatic carbocycles. The molecule has 8 heteroatoms. The van der Waals surface area contributed by atoms with E-state index in [4.69, 9.17) is 10.0 Å². The Bertz CT molecular complexity index is 33.2. The van der Waals surface area contributed by atoms with Gasteiger partial charge in [-0.3, -0.25) is 0 Å². The van der Waals surface area contributed by atoms with Crippen LogP contribution in [0.1, 0.15) is 0 Å². The molecule has 0 saturated heterocycles. The van der Waals surface area contributed by atoms with E-state index < -0.39 is 7.32 Å². The molecule has 0 aliphatic rings. The molecule has 0 aromatic heterocycles. The second-order valence-electron chi connectivity index (χ2n) is 0.562. The fraction of sp³-hybridized carbons (Fsp3) is 0. The second kappa shape index (κ2) is 16.4. The van der Waals surface area contributed by atoms with E-state index in [-0.39, 0.29) is 78.2 Å². The van der Waals surface area contributed by atoms with Gasteiger partial charge in [-0.15, -0.1) is 0 Å². The molecule has 0 radical (unpaired) electrons. The Morgan fingerprint density at radius 3 is 1.50 bits per heavy atom. The molecule has 8 heavy (non-hydrogen) atoms. The van der Waals surface area contributed by atoms with Crippen molar-refractivity contribution in [1.29, 1.82) is 0 Å². The van der Waals surface area contributed by atoms with Gasteiger partial charge in [-0.05, 0) is 0 Å². The first-order valence-electron chi connectivity index (χ1n) is 1.16. The molecule has 0 amide bonds. The van der Waals surface area contributed by atoms with Crippen LogP contribution in [0.4, 0.5) is 0 Å². The van der Waals surface area contributed by atoms with Crippen LogP contribution < -0.4 is 0 Å². The van der Waals surface area contributed by atoms with Crippen LogP contribution in [-0.2, 0) is 4.34 Å². The normalized spacial score (nSPS) is 5.25. The third kappa shape index (κ3) is 23.3. The first-order valence-corrected chi connectivity index (χ1v) is 1.98. The number of hydrogen-bond acceptors (Lipinski definition) is 3. The maximum atomic E-state index is 7.73. The zero-order valence-corrected chi connectivity index (χ0v) is 4.88. The largest absolute Gasteiger partial charge is 0.316 e. The zero-order valence-electron chi connectivity index (χ0n) is 2.88. The van der Waals surface area contributed by atoms with E-state index in [2.05, 4.69) is 4.34 Å². The van der Waals surface area contributed by atoms with Crippen molar-refractivity contribution in [3.05, 3.63) is 0 Å². The monoisotopic (exact) mass is 190 g/mol. The summed E-state index contributed by atoms with van der Waals surface area (Å²) >= 11 is 0. The summed E-state index contributed by atoms with van der Waals surface area (Å²) in [5, 5.41) is 15.5. The van der Waals surface area contributed by atoms with Gasteiger partial charge in [0.15, 0.2) is 17.4 Å². The van der Waals surface area contributed by atoms with Crippen LogP contribution in [-0.4, -0.2) is 106 Å². The molecule has 0 aliphatic heterocycles. The topological polar surface area (TPSA) is 49.7 Å². The molecular weight excluding hydrogens is 178 g/mol. The van der Waals surface area contributed by atoms with Gasteiger partial charge in [0, 0.05) is 0 Å². The Labute approximate surface area is 109 Å². The molecule has 0 aromatic rings. The smallest absolute Gasteiger partial charge is 0.316 e. The summed E-state index contributed by atoms with van der Waals surface area (Å²) in [7, 11) is -1.18. The molecule has 0 saturated carbocycles. The Hall–Kier alpha value is 2.72. The summed E-state index contributed by atoms with van der Waals surface area (Å²) in [6.45, 7) is 0. The summed E-state index contributed by atoms with van der Waals surface area (Å²) in [6, 6.07) is 0. The Morgan fingerprint density at radius 1 is 1.38 bits per heavy atom. The fourth-order valence-electron chi connectivity index (χ4n) is 0. The molecule has 44 valence electrons. The van der Waals surface area contributed by atoms with Crippen molar-refractivity contribution >= 4 is 96.0 Å². The van der Waals surface area contributed by atoms with Crippen molar-refractivity contribution in [2.24, 2.45) is 0 Å². The third-order valence-electron chi connectivity index (χ3n) is 0.211. The van der Waals surface area contributed by atoms with Gasteiger partial charge < -0.3 is 14.4 Å². The molecule has 2 N–H and O–H groups in total. The molecule has 0 rings (SSSR count). The minimum Gasteiger partial charge on any atom is 0.316 e. The second-order valence-corrected chi connectivity index (χ2v) is 1.03. The molecule has 0 atom stereocenters. The summed E-state index contributed by atoms with van der Waals surface area (Å²) in [6.07, 6.45) is 0. The van der Waals surface area contributed by atoms with Gasteiger partial charge in [0.1, 0.15) is 10.5 Å². The van der Waals surface area contributed by atoms with Crippen LogP contribution in [0.2, 0.25) is 0 Å². The van der Waals surface area contributed by atoms with Crippen LogP contribution in [0, 0.1) is 0 Å². The van der Waals surface area contributed by atoms with Crippen LogP contribution in [0.3, 0.4) is 0 Å². The first kappa shape index (κ1) is 22.4. The molecular formula is H12AlBCaMgO3Si. The summed E-state index contributed by atoms with van der Waals surface area (Å²) in [5.74, 6) is 0. The van der Waals surface area contributed by atoms with E-state index >= 15 is 0 Å². The SMILES string of the molecule is OB(O)O[SiH3].[AlH3].[CaH2].[MgH2]. The van der Waals surface area contributed by atoms with E-state index in [9.17, 15) is 0 Å². The van der Waals surface area contributed by atoms with Crippen LogP contribution in [0.15, 0.2) is 0 Å². The first-order chi connectivity index (χ1) is 2.27. The quantitative estimate of drug-likeness (QED) is 0.405. The summed E-state index contributed by atoms with van der Waals surface area (Å²) in [5.41, 5.74) is 0. The molecule has 0 aromatic carbocycles. The third-order valence-corrected chi connectivity index (χ3v) is 0.632. The van der Waals surface area contributed by atoms with E-state index in [1.54, 1.807) is 0 Å². The maximum absolute atomic E-state index is 7.73. The van der Waals surface area contributed by atoms with Gasteiger partial charge in [0.05, 0.1) is 0 Å². The zero-order chi connectivity index (χ0) is 4.28. The predicted molar refractivity (Wildman–Crippen MR) is 48.2 cm³/mol. The van der Waals surface area contributed by atoms with Gasteiger partial charge in [-0.1, -0.05) is 0 Å². The van der Waals surface area contributed by atoms with Crippen molar-refractivity contribution in [2.45, 2.75) is 0 Å². The Kier molecular flexibility index (Phi) is 45.9. The summed E-state index contributed by atoms with van der Waals surface area (Å²) in [4.78, 5) is 0. The van der Waals surface area contributed by atoms with Crippen molar-refractivity contribution < 1.29 is 14.4 Å². The van der Waals surface area contributed by atoms with Gasteiger partial charge in [-0.2, -0.15) is 0 Å². The average molecular weight is 190 g/mol. The Balaban J connectivity index is -0.0000000267. The van der Waals surface area contributed by atoms with Crippen molar-refractivity contribution in [3.8, 4) is 0 Å². The standard InChI is InChI=1S/Al.BH5O3Si.Ca.Mg.7H/c;2-1(3)4-5;;;;;;;;;/h;2-3H,5H3;;;;;;;;;. The molecule has 0 unspecified atom stereocenters. The van der Waals surface area contributed by atoms with E-state index in [1.165, 1.54) is 0 Å². The van der Waals surface area contributed by atoms with E-state index in [0.717, 1.165) is 0 Å². The maximum Gasteiger partial charge on any atom is 0.316 e. The minimum absolute atomic E-state index is 0. The molecule has 3 nitrogen and oxygen atoms in total. The van der Waals surface area contributed by atoms with Crippen LogP contribution >= 0.6 is 0 Å². The number of hydrogen-bond donors (Lipinski definition) is 2. The van der Waals surface area contributed by atoms with Crippen LogP contribution in [0.25, 0.3) is 0 Å². The van der Waals surface area contributed by atoms with Crippen molar-refractivity contribution in [2.75, 3.05) is 0 Å². The van der Waals surface area contributed by atoms with E-state index in [0.29, 0.717) is 10.5 Å². The van der Waals surface area contributed by atoms with Crippen LogP contribution in [0.5, 0.6) is 0 Å². The minimum atomic E-state index is -1.55. The van der Waals surface area contributed by atoms with Crippen molar-refractivity contribution in [1.82, 2.24) is 0 Å². The average Bonchev–Trinajstić information content (AvgIpc) is 1.38. The molecule has 0 spiro atoms. The predicted octanol–water partition coefficient (Wildman–Crippen LogP) is -5.76. The van der Waals surface area contributed by atoms with Gasteiger partial charge in [-0.25, -0.2) is 0 Å². The van der Waals surface area contributed by atoms with Crippen molar-refractivity contribution in [3.63, 3.8) is 0 Å². The van der Waals surface area contributed by atoms with E-state index in [1.807, 2.05) is 0 Å². The fourth-order valence-corrected chi connectivity index (χ4v) is 0. The number of rotatable bonds is 1. The Morgan fingerprint density at radius 2 is 1.50 bits per heavy atom.